The van der Waals surface area contributed by atoms with Crippen molar-refractivity contribution in [1.82, 2.24) is 9.55 Å². The van der Waals surface area contributed by atoms with Crippen molar-refractivity contribution in [2.75, 3.05) is 24.7 Å². The summed E-state index contributed by atoms with van der Waals surface area (Å²) in [6, 6.07) is 4.97. The maximum atomic E-state index is 13.2. The predicted octanol–water partition coefficient (Wildman–Crippen LogP) is 1.32. The van der Waals surface area contributed by atoms with Crippen molar-refractivity contribution < 1.29 is 18.3 Å². The molecule has 2 aliphatic rings. The first-order valence-electron chi connectivity index (χ1n) is 7.64. The van der Waals surface area contributed by atoms with E-state index in [1.807, 2.05) is 0 Å². The molecule has 4 rings (SSSR count). The van der Waals surface area contributed by atoms with Crippen LogP contribution in [0.1, 0.15) is 5.56 Å². The topological polar surface area (TPSA) is 56.6 Å². The van der Waals surface area contributed by atoms with Crippen molar-refractivity contribution in [3.05, 3.63) is 51.9 Å². The van der Waals surface area contributed by atoms with Crippen molar-refractivity contribution in [2.45, 2.75) is 19.2 Å². The van der Waals surface area contributed by atoms with Gasteiger partial charge in [-0.1, -0.05) is 0 Å². The van der Waals surface area contributed by atoms with E-state index in [0.29, 0.717) is 31.9 Å². The predicted molar refractivity (Wildman–Crippen MR) is 81.1 cm³/mol. The van der Waals surface area contributed by atoms with Crippen LogP contribution in [0.3, 0.4) is 0 Å². The van der Waals surface area contributed by atoms with Crippen LogP contribution in [0.15, 0.2) is 29.1 Å². The van der Waals surface area contributed by atoms with Crippen LogP contribution in [0.4, 0.5) is 14.6 Å². The number of rotatable bonds is 3. The molecule has 0 aliphatic carbocycles. The zero-order chi connectivity index (χ0) is 16.7. The minimum absolute atomic E-state index is 0.0723. The maximum absolute atomic E-state index is 13.2. The Balaban J connectivity index is 1.57. The van der Waals surface area contributed by atoms with Gasteiger partial charge < -0.3 is 14.4 Å². The lowest BCUT2D eigenvalue weighted by Gasteiger charge is -2.30. The van der Waals surface area contributed by atoms with Crippen LogP contribution >= 0.6 is 0 Å². The van der Waals surface area contributed by atoms with Crippen LogP contribution in [0.25, 0.3) is 0 Å². The lowest BCUT2D eigenvalue weighted by molar-refractivity contribution is 0.0956. The summed E-state index contributed by atoms with van der Waals surface area (Å²) in [5.41, 5.74) is -0.0681. The normalized spacial score (nSPS) is 19.1. The van der Waals surface area contributed by atoms with Gasteiger partial charge in [-0.3, -0.25) is 4.57 Å². The molecule has 1 atom stereocenters. The Kier molecular flexibility index (Phi) is 3.68. The van der Waals surface area contributed by atoms with Gasteiger partial charge in [-0.25, -0.2) is 13.6 Å². The number of anilines is 1. The minimum atomic E-state index is -0.674. The first-order chi connectivity index (χ1) is 11.6. The van der Waals surface area contributed by atoms with E-state index in [9.17, 15) is 13.6 Å². The van der Waals surface area contributed by atoms with E-state index >= 15 is 0 Å². The van der Waals surface area contributed by atoms with Crippen LogP contribution in [0.2, 0.25) is 0 Å². The Bertz CT molecular complexity index is 820. The highest BCUT2D eigenvalue weighted by molar-refractivity contribution is 5.47. The Morgan fingerprint density at radius 3 is 2.83 bits per heavy atom. The molecule has 1 aromatic heterocycles. The monoisotopic (exact) mass is 335 g/mol. The van der Waals surface area contributed by atoms with Gasteiger partial charge in [0.2, 0.25) is 5.88 Å². The molecule has 0 N–H and O–H groups in total. The highest BCUT2D eigenvalue weighted by atomic mass is 19.1. The van der Waals surface area contributed by atoms with Gasteiger partial charge in [-0.05, 0) is 17.7 Å². The minimum Gasteiger partial charge on any atom is -0.473 e. The summed E-state index contributed by atoms with van der Waals surface area (Å²) in [4.78, 5) is 18.2. The van der Waals surface area contributed by atoms with E-state index in [-0.39, 0.29) is 18.5 Å². The van der Waals surface area contributed by atoms with Crippen LogP contribution in [-0.2, 0) is 17.9 Å². The summed E-state index contributed by atoms with van der Waals surface area (Å²) >= 11 is 0. The average Bonchev–Trinajstić information content (AvgIpc) is 2.92. The summed E-state index contributed by atoms with van der Waals surface area (Å²) in [6.45, 7) is 2.34. The lowest BCUT2D eigenvalue weighted by Crippen LogP contribution is -2.43. The van der Waals surface area contributed by atoms with Gasteiger partial charge in [0.15, 0.2) is 0 Å². The molecular formula is C16H15F2N3O3. The van der Waals surface area contributed by atoms with Crippen molar-refractivity contribution in [3.63, 3.8) is 0 Å². The fraction of sp³-hybridized carbons (Fsp3) is 0.375. The average molecular weight is 335 g/mol. The van der Waals surface area contributed by atoms with E-state index in [0.717, 1.165) is 11.9 Å². The Hall–Kier alpha value is -2.48. The second-order valence-electron chi connectivity index (χ2n) is 5.83. The molecule has 0 radical (unpaired) electrons. The van der Waals surface area contributed by atoms with Crippen LogP contribution in [0.5, 0.6) is 5.88 Å². The van der Waals surface area contributed by atoms with Gasteiger partial charge >= 0.3 is 5.69 Å². The van der Waals surface area contributed by atoms with Gasteiger partial charge in [-0.15, -0.1) is 0 Å². The Labute approximate surface area is 136 Å². The fourth-order valence-electron chi connectivity index (χ4n) is 3.13. The standard InChI is InChI=1S/C16H15F2N3O3/c17-11-3-10(4-12(18)5-11)8-24-14-6-15-20-1-2-23-9-13(20)7-21(15)16(22)19-14/h3-6,13H,1-2,7-9H2/t13-/m1/s1. The molecule has 1 saturated heterocycles. The molecule has 6 nitrogen and oxygen atoms in total. The largest absolute Gasteiger partial charge is 0.473 e. The molecule has 24 heavy (non-hydrogen) atoms. The summed E-state index contributed by atoms with van der Waals surface area (Å²) < 4.78 is 38.9. The lowest BCUT2D eigenvalue weighted by atomic mass is 10.2. The Morgan fingerprint density at radius 2 is 2.04 bits per heavy atom. The molecular weight excluding hydrogens is 320 g/mol. The molecule has 0 saturated carbocycles. The third-order valence-electron chi connectivity index (χ3n) is 4.19. The summed E-state index contributed by atoms with van der Waals surface area (Å²) in [6.07, 6.45) is 0. The van der Waals surface area contributed by atoms with Crippen LogP contribution in [-0.4, -0.2) is 35.4 Å². The molecule has 8 heteroatoms. The molecule has 0 bridgehead atoms. The number of fused-ring (bicyclic) bond motifs is 3. The number of ether oxygens (including phenoxy) is 2. The molecule has 0 amide bonds. The number of hydrogen-bond donors (Lipinski definition) is 0. The molecule has 0 unspecified atom stereocenters. The van der Waals surface area contributed by atoms with Gasteiger partial charge in [0, 0.05) is 18.7 Å². The molecule has 126 valence electrons. The number of aromatic nitrogens is 2. The number of nitrogens with zero attached hydrogens (tertiary/aromatic N) is 3. The first kappa shape index (κ1) is 15.1. The van der Waals surface area contributed by atoms with E-state index in [2.05, 4.69) is 9.88 Å². The van der Waals surface area contributed by atoms with Crippen molar-refractivity contribution in [1.29, 1.82) is 0 Å². The molecule has 2 aliphatic heterocycles. The van der Waals surface area contributed by atoms with Crippen LogP contribution < -0.4 is 15.3 Å². The van der Waals surface area contributed by atoms with E-state index < -0.39 is 17.3 Å². The summed E-state index contributed by atoms with van der Waals surface area (Å²) in [7, 11) is 0. The zero-order valence-electron chi connectivity index (χ0n) is 12.7. The van der Waals surface area contributed by atoms with Gasteiger partial charge in [-0.2, -0.15) is 4.98 Å². The van der Waals surface area contributed by atoms with Crippen LogP contribution in [0, 0.1) is 11.6 Å². The number of halogens is 2. The third-order valence-corrected chi connectivity index (χ3v) is 4.19. The second-order valence-corrected chi connectivity index (χ2v) is 5.83. The first-order valence-corrected chi connectivity index (χ1v) is 7.64. The Morgan fingerprint density at radius 1 is 1.25 bits per heavy atom. The highest BCUT2D eigenvalue weighted by Gasteiger charge is 2.33. The zero-order valence-corrected chi connectivity index (χ0v) is 12.7. The van der Waals surface area contributed by atoms with Gasteiger partial charge in [0.25, 0.3) is 0 Å². The van der Waals surface area contributed by atoms with Gasteiger partial charge in [0.1, 0.15) is 24.1 Å². The van der Waals surface area contributed by atoms with Crippen molar-refractivity contribution in [3.8, 4) is 5.88 Å². The molecule has 1 fully saturated rings. The third kappa shape index (κ3) is 2.73. The number of benzene rings is 1. The number of hydrogen-bond acceptors (Lipinski definition) is 5. The molecule has 3 heterocycles. The fourth-order valence-corrected chi connectivity index (χ4v) is 3.13. The van der Waals surface area contributed by atoms with Crippen molar-refractivity contribution in [2.24, 2.45) is 0 Å². The maximum Gasteiger partial charge on any atom is 0.352 e. The van der Waals surface area contributed by atoms with E-state index in [1.165, 1.54) is 12.1 Å². The molecule has 0 spiro atoms. The highest BCUT2D eigenvalue weighted by Crippen LogP contribution is 2.28. The van der Waals surface area contributed by atoms with Gasteiger partial charge in [0.05, 0.1) is 25.8 Å². The number of morpholine rings is 1. The smallest absolute Gasteiger partial charge is 0.352 e. The van der Waals surface area contributed by atoms with E-state index in [4.69, 9.17) is 9.47 Å². The van der Waals surface area contributed by atoms with Crippen molar-refractivity contribution >= 4 is 5.82 Å². The quantitative estimate of drug-likeness (QED) is 0.847. The second kappa shape index (κ2) is 5.86. The summed E-state index contributed by atoms with van der Waals surface area (Å²) in [5.74, 6) is -0.467. The molecule has 1 aromatic carbocycles. The van der Waals surface area contributed by atoms with E-state index in [1.54, 1.807) is 10.6 Å². The molecule has 2 aromatic rings. The SMILES string of the molecule is O=c1nc(OCc2cc(F)cc(F)c2)cc2n1C[C@@H]1COCCN21. The summed E-state index contributed by atoms with van der Waals surface area (Å²) in [5, 5.41) is 0.